The van der Waals surface area contributed by atoms with E-state index in [1.807, 2.05) is 42.3 Å². The van der Waals surface area contributed by atoms with Crippen molar-refractivity contribution in [3.05, 3.63) is 58.3 Å². The average molecular weight is 470 g/mol. The molecule has 8 nitrogen and oxygen atoms in total. The molecule has 0 unspecified atom stereocenters. The summed E-state index contributed by atoms with van der Waals surface area (Å²) in [7, 11) is 0. The van der Waals surface area contributed by atoms with Crippen molar-refractivity contribution >= 4 is 29.2 Å². The summed E-state index contributed by atoms with van der Waals surface area (Å²) in [4.78, 5) is 42.3. The molecule has 0 bridgehead atoms. The number of piperazine rings is 1. The van der Waals surface area contributed by atoms with Gasteiger partial charge in [0.15, 0.2) is 0 Å². The number of amides is 4. The Bertz CT molecular complexity index is 966. The Labute approximate surface area is 198 Å². The number of urea groups is 1. The van der Waals surface area contributed by atoms with Crippen molar-refractivity contribution in [2.75, 3.05) is 19.6 Å². The SMILES string of the molecule is CC(C)NC(=O)N[C@H]1C[C@H]2CN(Cc3ccsc3)[C@@H](CNC(=O)c3ccccc3)C(=O)N2C1. The Morgan fingerprint density at radius 3 is 2.64 bits per heavy atom. The van der Waals surface area contributed by atoms with Crippen molar-refractivity contribution < 1.29 is 14.4 Å². The number of carbonyl (C=O) groups excluding carboxylic acids is 3. The maximum absolute atomic E-state index is 13.5. The molecule has 176 valence electrons. The Kier molecular flexibility index (Phi) is 7.29. The highest BCUT2D eigenvalue weighted by atomic mass is 32.1. The van der Waals surface area contributed by atoms with Gasteiger partial charge in [0.2, 0.25) is 5.91 Å². The quantitative estimate of drug-likeness (QED) is 0.579. The maximum atomic E-state index is 13.5. The maximum Gasteiger partial charge on any atom is 0.315 e. The number of nitrogens with zero attached hydrogens (tertiary/aromatic N) is 2. The van der Waals surface area contributed by atoms with Gasteiger partial charge in [-0.25, -0.2) is 4.79 Å². The summed E-state index contributed by atoms with van der Waals surface area (Å²) in [5.74, 6) is -0.185. The van der Waals surface area contributed by atoms with Crippen molar-refractivity contribution in [1.29, 1.82) is 0 Å². The zero-order valence-corrected chi connectivity index (χ0v) is 19.8. The van der Waals surface area contributed by atoms with Crippen LogP contribution < -0.4 is 16.0 Å². The van der Waals surface area contributed by atoms with Crippen molar-refractivity contribution in [2.24, 2.45) is 0 Å². The molecule has 2 saturated heterocycles. The molecule has 2 fully saturated rings. The smallest absolute Gasteiger partial charge is 0.315 e. The Balaban J connectivity index is 1.45. The first-order valence-corrected chi connectivity index (χ1v) is 12.3. The number of nitrogens with one attached hydrogen (secondary N) is 3. The molecule has 3 heterocycles. The predicted octanol–water partition coefficient (Wildman–Crippen LogP) is 2.04. The summed E-state index contributed by atoms with van der Waals surface area (Å²) in [6.07, 6.45) is 0.723. The molecule has 33 heavy (non-hydrogen) atoms. The molecule has 2 aliphatic rings. The molecular formula is C24H31N5O3S. The predicted molar refractivity (Wildman–Crippen MR) is 128 cm³/mol. The third-order valence-electron chi connectivity index (χ3n) is 6.08. The second-order valence-electron chi connectivity index (χ2n) is 9.00. The van der Waals surface area contributed by atoms with E-state index in [1.165, 1.54) is 0 Å². The molecule has 2 aromatic rings. The number of benzene rings is 1. The average Bonchev–Trinajstić information content (AvgIpc) is 3.43. The first-order chi connectivity index (χ1) is 15.9. The minimum Gasteiger partial charge on any atom is -0.350 e. The van der Waals surface area contributed by atoms with E-state index in [2.05, 4.69) is 32.3 Å². The number of thiophene rings is 1. The van der Waals surface area contributed by atoms with E-state index < -0.39 is 6.04 Å². The van der Waals surface area contributed by atoms with Crippen molar-refractivity contribution in [3.8, 4) is 0 Å². The van der Waals surface area contributed by atoms with Crippen LogP contribution >= 0.6 is 11.3 Å². The van der Waals surface area contributed by atoms with Gasteiger partial charge in [-0.05, 0) is 54.8 Å². The lowest BCUT2D eigenvalue weighted by Crippen LogP contribution is -2.62. The minimum atomic E-state index is -0.447. The van der Waals surface area contributed by atoms with Gasteiger partial charge in [0.1, 0.15) is 6.04 Å². The Morgan fingerprint density at radius 1 is 1.15 bits per heavy atom. The summed E-state index contributed by atoms with van der Waals surface area (Å²) in [6, 6.07) is 10.4. The van der Waals surface area contributed by atoms with Crippen molar-refractivity contribution in [1.82, 2.24) is 25.8 Å². The summed E-state index contributed by atoms with van der Waals surface area (Å²) >= 11 is 1.63. The minimum absolute atomic E-state index is 0.00316. The van der Waals surface area contributed by atoms with Crippen LogP contribution in [0.5, 0.6) is 0 Å². The fourth-order valence-electron chi connectivity index (χ4n) is 4.59. The lowest BCUT2D eigenvalue weighted by atomic mass is 10.0. The molecule has 4 amide bonds. The molecule has 9 heteroatoms. The molecule has 3 N–H and O–H groups in total. The largest absolute Gasteiger partial charge is 0.350 e. The van der Waals surface area contributed by atoms with Gasteiger partial charge in [-0.2, -0.15) is 11.3 Å². The Morgan fingerprint density at radius 2 is 1.94 bits per heavy atom. The third kappa shape index (κ3) is 5.72. The summed E-state index contributed by atoms with van der Waals surface area (Å²) in [6.45, 7) is 5.92. The van der Waals surface area contributed by atoms with E-state index in [-0.39, 0.29) is 42.5 Å². The third-order valence-corrected chi connectivity index (χ3v) is 6.81. The topological polar surface area (TPSA) is 93.8 Å². The van der Waals surface area contributed by atoms with E-state index in [9.17, 15) is 14.4 Å². The van der Waals surface area contributed by atoms with Gasteiger partial charge in [-0.1, -0.05) is 18.2 Å². The molecule has 4 rings (SSSR count). The first-order valence-electron chi connectivity index (χ1n) is 11.4. The van der Waals surface area contributed by atoms with Gasteiger partial charge < -0.3 is 20.9 Å². The number of fused-ring (bicyclic) bond motifs is 1. The normalized spacial score (nSPS) is 22.8. The molecule has 1 aromatic carbocycles. The summed E-state index contributed by atoms with van der Waals surface area (Å²) in [5, 5.41) is 12.9. The molecule has 0 aliphatic carbocycles. The van der Waals surface area contributed by atoms with Gasteiger partial charge >= 0.3 is 6.03 Å². The highest BCUT2D eigenvalue weighted by Gasteiger charge is 2.45. The molecule has 3 atom stereocenters. The van der Waals surface area contributed by atoms with Crippen LogP contribution in [0.2, 0.25) is 0 Å². The standard InChI is InChI=1S/C24H31N5O3S/c1-16(2)26-24(32)27-19-10-20-14-28(12-17-8-9-33-15-17)21(23(31)29(20)13-19)11-25-22(30)18-6-4-3-5-7-18/h3-9,15-16,19-21H,10-14H2,1-2H3,(H,25,30)(H2,26,27,32)/t19-,20-,21-/m0/s1. The monoisotopic (exact) mass is 469 g/mol. The highest BCUT2D eigenvalue weighted by Crippen LogP contribution is 2.27. The number of carbonyl (C=O) groups is 3. The fourth-order valence-corrected chi connectivity index (χ4v) is 5.25. The first kappa shape index (κ1) is 23.3. The number of rotatable bonds is 7. The Hall–Kier alpha value is -2.91. The van der Waals surface area contributed by atoms with Crippen LogP contribution in [0.1, 0.15) is 36.2 Å². The van der Waals surface area contributed by atoms with Crippen LogP contribution in [0, 0.1) is 0 Å². The van der Waals surface area contributed by atoms with Gasteiger partial charge in [0.25, 0.3) is 5.91 Å². The lowest BCUT2D eigenvalue weighted by molar-refractivity contribution is -0.143. The highest BCUT2D eigenvalue weighted by molar-refractivity contribution is 7.07. The molecule has 1 aromatic heterocycles. The summed E-state index contributed by atoms with van der Waals surface area (Å²) < 4.78 is 0. The van der Waals surface area contributed by atoms with Crippen LogP contribution in [0.25, 0.3) is 0 Å². The van der Waals surface area contributed by atoms with Crippen LogP contribution in [-0.2, 0) is 11.3 Å². The van der Waals surface area contributed by atoms with E-state index >= 15 is 0 Å². The molecule has 2 aliphatic heterocycles. The second kappa shape index (κ2) is 10.4. The van der Waals surface area contributed by atoms with Gasteiger partial charge in [-0.15, -0.1) is 0 Å². The van der Waals surface area contributed by atoms with Gasteiger partial charge in [0, 0.05) is 43.8 Å². The van der Waals surface area contributed by atoms with Crippen LogP contribution in [0.4, 0.5) is 4.79 Å². The van der Waals surface area contributed by atoms with E-state index in [1.54, 1.807) is 23.5 Å². The molecular weight excluding hydrogens is 438 g/mol. The number of hydrogen-bond acceptors (Lipinski definition) is 5. The second-order valence-corrected chi connectivity index (χ2v) is 9.78. The summed E-state index contributed by atoms with van der Waals surface area (Å²) in [5.41, 5.74) is 1.73. The zero-order chi connectivity index (χ0) is 23.4. The molecule has 0 spiro atoms. The van der Waals surface area contributed by atoms with Crippen LogP contribution in [0.15, 0.2) is 47.2 Å². The van der Waals surface area contributed by atoms with Gasteiger partial charge in [0.05, 0.1) is 6.04 Å². The van der Waals surface area contributed by atoms with Crippen molar-refractivity contribution in [3.63, 3.8) is 0 Å². The van der Waals surface area contributed by atoms with E-state index in [0.717, 1.165) is 12.0 Å². The zero-order valence-electron chi connectivity index (χ0n) is 19.0. The van der Waals surface area contributed by atoms with Crippen molar-refractivity contribution in [2.45, 2.75) is 51.0 Å². The van der Waals surface area contributed by atoms with Crippen LogP contribution in [-0.4, -0.2) is 71.4 Å². The van der Waals surface area contributed by atoms with Gasteiger partial charge in [-0.3, -0.25) is 14.5 Å². The molecule has 0 saturated carbocycles. The molecule has 0 radical (unpaired) electrons. The number of hydrogen-bond donors (Lipinski definition) is 3. The van der Waals surface area contributed by atoms with E-state index in [4.69, 9.17) is 0 Å². The fraction of sp³-hybridized carbons (Fsp3) is 0.458. The lowest BCUT2D eigenvalue weighted by Gasteiger charge is -2.42. The van der Waals surface area contributed by atoms with Crippen LogP contribution in [0.3, 0.4) is 0 Å². The van der Waals surface area contributed by atoms with E-state index in [0.29, 0.717) is 25.2 Å².